The van der Waals surface area contributed by atoms with Crippen molar-refractivity contribution in [1.82, 2.24) is 10.3 Å². The zero-order chi connectivity index (χ0) is 14.7. The fourth-order valence-corrected chi connectivity index (χ4v) is 1.82. The number of aromatic amines is 1. The molecule has 1 unspecified atom stereocenters. The molecule has 0 spiro atoms. The zero-order valence-corrected chi connectivity index (χ0v) is 11.2. The second-order valence-corrected chi connectivity index (χ2v) is 4.36. The number of esters is 1. The van der Waals surface area contributed by atoms with Gasteiger partial charge in [-0.3, -0.25) is 4.79 Å². The van der Waals surface area contributed by atoms with E-state index in [4.69, 9.17) is 4.74 Å². The third-order valence-electron chi connectivity index (χ3n) is 2.82. The van der Waals surface area contributed by atoms with Crippen LogP contribution in [0.4, 0.5) is 4.39 Å². The van der Waals surface area contributed by atoms with Crippen molar-refractivity contribution in [2.75, 3.05) is 6.61 Å². The fraction of sp³-hybridized carbons (Fsp3) is 0.286. The summed E-state index contributed by atoms with van der Waals surface area (Å²) in [5, 5.41) is 3.24. The third-order valence-corrected chi connectivity index (χ3v) is 2.82. The molecule has 20 heavy (non-hydrogen) atoms. The molecule has 1 amide bonds. The first kappa shape index (κ1) is 14.0. The summed E-state index contributed by atoms with van der Waals surface area (Å²) in [5.74, 6) is -1.32. The molecule has 0 radical (unpaired) electrons. The normalized spacial score (nSPS) is 12.2. The van der Waals surface area contributed by atoms with Crippen LogP contribution in [0.2, 0.25) is 0 Å². The van der Waals surface area contributed by atoms with E-state index in [1.807, 2.05) is 0 Å². The molecular formula is C14H15FN2O3. The highest BCUT2D eigenvalue weighted by Crippen LogP contribution is 2.16. The Hall–Kier alpha value is -2.37. The van der Waals surface area contributed by atoms with Gasteiger partial charge in [-0.2, -0.15) is 0 Å². The van der Waals surface area contributed by atoms with Crippen LogP contribution in [0.5, 0.6) is 0 Å². The molecule has 0 fully saturated rings. The number of H-pyrrole nitrogens is 1. The lowest BCUT2D eigenvalue weighted by Crippen LogP contribution is -2.39. The summed E-state index contributed by atoms with van der Waals surface area (Å²) in [7, 11) is 0. The van der Waals surface area contributed by atoms with Gasteiger partial charge in [0.25, 0.3) is 5.91 Å². The Labute approximate surface area is 115 Å². The minimum atomic E-state index is -0.745. The maximum Gasteiger partial charge on any atom is 0.328 e. The second-order valence-electron chi connectivity index (χ2n) is 4.36. The van der Waals surface area contributed by atoms with Gasteiger partial charge in [0.05, 0.1) is 6.61 Å². The summed E-state index contributed by atoms with van der Waals surface area (Å²) in [4.78, 5) is 26.2. The third kappa shape index (κ3) is 2.96. The SMILES string of the molecule is CCOC(=O)C(C)NC(=O)c1cc2ccc(F)cc2[nH]1. The minimum absolute atomic E-state index is 0.255. The van der Waals surface area contributed by atoms with Crippen LogP contribution < -0.4 is 5.32 Å². The lowest BCUT2D eigenvalue weighted by atomic mass is 10.2. The van der Waals surface area contributed by atoms with E-state index in [0.717, 1.165) is 5.39 Å². The molecule has 106 valence electrons. The molecule has 2 N–H and O–H groups in total. The number of nitrogens with one attached hydrogen (secondary N) is 2. The molecule has 2 rings (SSSR count). The second kappa shape index (κ2) is 5.73. The lowest BCUT2D eigenvalue weighted by Gasteiger charge is -2.11. The van der Waals surface area contributed by atoms with Gasteiger partial charge in [0.2, 0.25) is 0 Å². The van der Waals surface area contributed by atoms with Gasteiger partial charge in [-0.15, -0.1) is 0 Å². The molecule has 1 atom stereocenters. The van der Waals surface area contributed by atoms with Crippen molar-refractivity contribution in [3.63, 3.8) is 0 Å². The van der Waals surface area contributed by atoms with Gasteiger partial charge >= 0.3 is 5.97 Å². The minimum Gasteiger partial charge on any atom is -0.464 e. The van der Waals surface area contributed by atoms with Crippen LogP contribution in [-0.4, -0.2) is 29.5 Å². The van der Waals surface area contributed by atoms with Crippen LogP contribution in [0.3, 0.4) is 0 Å². The number of carbonyl (C=O) groups excluding carboxylic acids is 2. The maximum absolute atomic E-state index is 13.1. The number of benzene rings is 1. The molecule has 0 aliphatic rings. The molecule has 0 aliphatic heterocycles. The van der Waals surface area contributed by atoms with Crippen LogP contribution in [0.25, 0.3) is 10.9 Å². The van der Waals surface area contributed by atoms with Crippen molar-refractivity contribution in [2.45, 2.75) is 19.9 Å². The van der Waals surface area contributed by atoms with Crippen molar-refractivity contribution in [3.05, 3.63) is 35.8 Å². The Morgan fingerprint density at radius 1 is 1.40 bits per heavy atom. The zero-order valence-electron chi connectivity index (χ0n) is 11.2. The quantitative estimate of drug-likeness (QED) is 0.840. The highest BCUT2D eigenvalue weighted by Gasteiger charge is 2.18. The number of hydrogen-bond donors (Lipinski definition) is 2. The Morgan fingerprint density at radius 2 is 2.15 bits per heavy atom. The monoisotopic (exact) mass is 278 g/mol. The summed E-state index contributed by atoms with van der Waals surface area (Å²) in [6, 6.07) is 5.06. The van der Waals surface area contributed by atoms with Crippen molar-refractivity contribution in [2.24, 2.45) is 0 Å². The molecule has 5 nitrogen and oxygen atoms in total. The van der Waals surface area contributed by atoms with E-state index in [2.05, 4.69) is 10.3 Å². The van der Waals surface area contributed by atoms with Gasteiger partial charge in [0.1, 0.15) is 17.6 Å². The number of hydrogen-bond acceptors (Lipinski definition) is 3. The van der Waals surface area contributed by atoms with Gasteiger partial charge in [0.15, 0.2) is 0 Å². The smallest absolute Gasteiger partial charge is 0.328 e. The topological polar surface area (TPSA) is 71.2 Å². The highest BCUT2D eigenvalue weighted by atomic mass is 19.1. The van der Waals surface area contributed by atoms with Crippen molar-refractivity contribution >= 4 is 22.8 Å². The maximum atomic E-state index is 13.1. The molecule has 6 heteroatoms. The highest BCUT2D eigenvalue weighted by molar-refractivity contribution is 5.99. The first-order valence-corrected chi connectivity index (χ1v) is 6.27. The van der Waals surface area contributed by atoms with E-state index in [0.29, 0.717) is 5.52 Å². The predicted molar refractivity (Wildman–Crippen MR) is 71.8 cm³/mol. The Balaban J connectivity index is 2.13. The molecular weight excluding hydrogens is 263 g/mol. The van der Waals surface area contributed by atoms with E-state index in [9.17, 15) is 14.0 Å². The Kier molecular flexibility index (Phi) is 4.02. The van der Waals surface area contributed by atoms with Crippen molar-refractivity contribution < 1.29 is 18.7 Å². The molecule has 1 aromatic carbocycles. The summed E-state index contributed by atoms with van der Waals surface area (Å²) in [6.45, 7) is 3.49. The number of fused-ring (bicyclic) bond motifs is 1. The van der Waals surface area contributed by atoms with Gasteiger partial charge < -0.3 is 15.0 Å². The van der Waals surface area contributed by atoms with Crippen LogP contribution in [0.15, 0.2) is 24.3 Å². The number of amides is 1. The van der Waals surface area contributed by atoms with Crippen molar-refractivity contribution in [1.29, 1.82) is 0 Å². The average molecular weight is 278 g/mol. The van der Waals surface area contributed by atoms with Gasteiger partial charge in [-0.1, -0.05) is 0 Å². The van der Waals surface area contributed by atoms with E-state index < -0.39 is 17.9 Å². The van der Waals surface area contributed by atoms with Crippen LogP contribution >= 0.6 is 0 Å². The Bertz CT molecular complexity index is 651. The number of ether oxygens (including phenoxy) is 1. The summed E-state index contributed by atoms with van der Waals surface area (Å²) >= 11 is 0. The fourth-order valence-electron chi connectivity index (χ4n) is 1.82. The first-order valence-electron chi connectivity index (χ1n) is 6.27. The number of aromatic nitrogens is 1. The van der Waals surface area contributed by atoms with Crippen LogP contribution in [0.1, 0.15) is 24.3 Å². The van der Waals surface area contributed by atoms with Crippen molar-refractivity contribution in [3.8, 4) is 0 Å². The number of rotatable bonds is 4. The van der Waals surface area contributed by atoms with Gasteiger partial charge in [-0.25, -0.2) is 9.18 Å². The molecule has 1 aromatic heterocycles. The van der Waals surface area contributed by atoms with E-state index in [-0.39, 0.29) is 18.1 Å². The van der Waals surface area contributed by atoms with E-state index >= 15 is 0 Å². The number of carbonyl (C=O) groups is 2. The standard InChI is InChI=1S/C14H15FN2O3/c1-3-20-14(19)8(2)16-13(18)12-6-9-4-5-10(15)7-11(9)17-12/h4-8,17H,3H2,1-2H3,(H,16,18). The molecule has 0 saturated heterocycles. The Morgan fingerprint density at radius 3 is 2.85 bits per heavy atom. The van der Waals surface area contributed by atoms with E-state index in [1.54, 1.807) is 19.1 Å². The number of halogens is 1. The van der Waals surface area contributed by atoms with Gasteiger partial charge in [0, 0.05) is 10.9 Å². The first-order chi connectivity index (χ1) is 9.51. The van der Waals surface area contributed by atoms with Gasteiger partial charge in [-0.05, 0) is 38.1 Å². The average Bonchev–Trinajstić information content (AvgIpc) is 2.81. The predicted octanol–water partition coefficient (Wildman–Crippen LogP) is 1.99. The van der Waals surface area contributed by atoms with E-state index in [1.165, 1.54) is 19.1 Å². The summed E-state index contributed by atoms with van der Waals surface area (Å²) in [5.41, 5.74) is 0.792. The summed E-state index contributed by atoms with van der Waals surface area (Å²) in [6.07, 6.45) is 0. The molecule has 0 bridgehead atoms. The molecule has 1 heterocycles. The molecule has 0 saturated carbocycles. The van der Waals surface area contributed by atoms with Crippen LogP contribution in [0, 0.1) is 5.82 Å². The lowest BCUT2D eigenvalue weighted by molar-refractivity contribution is -0.144. The molecule has 0 aliphatic carbocycles. The van der Waals surface area contributed by atoms with Crippen LogP contribution in [-0.2, 0) is 9.53 Å². The largest absolute Gasteiger partial charge is 0.464 e. The molecule has 2 aromatic rings. The summed E-state index contributed by atoms with van der Waals surface area (Å²) < 4.78 is 17.9.